The molecule has 1 aromatic rings. The number of aromatic nitrogens is 1. The molecule has 0 aromatic carbocycles. The standard InChI is InChI=1S/C12H19N3O/c1-15(2)12-11(4-3-6-13-12)14-8-10-5-7-16-9-10/h3-4,6,10,14H,5,7-9H2,1-2H3. The molecule has 88 valence electrons. The molecule has 1 aliphatic rings. The molecule has 0 saturated carbocycles. The van der Waals surface area contributed by atoms with Gasteiger partial charge in [0.1, 0.15) is 0 Å². The maximum absolute atomic E-state index is 5.36. The molecule has 4 nitrogen and oxygen atoms in total. The molecule has 16 heavy (non-hydrogen) atoms. The van der Waals surface area contributed by atoms with E-state index in [2.05, 4.69) is 16.4 Å². The Morgan fingerprint density at radius 1 is 1.56 bits per heavy atom. The first-order chi connectivity index (χ1) is 7.77. The van der Waals surface area contributed by atoms with E-state index >= 15 is 0 Å². The minimum atomic E-state index is 0.634. The van der Waals surface area contributed by atoms with Crippen LogP contribution in [0.1, 0.15) is 6.42 Å². The van der Waals surface area contributed by atoms with E-state index in [0.717, 1.165) is 37.7 Å². The summed E-state index contributed by atoms with van der Waals surface area (Å²) in [6, 6.07) is 4.03. The van der Waals surface area contributed by atoms with Crippen LogP contribution in [0.4, 0.5) is 11.5 Å². The summed E-state index contributed by atoms with van der Waals surface area (Å²) < 4.78 is 5.36. The summed E-state index contributed by atoms with van der Waals surface area (Å²) in [5.74, 6) is 1.62. The lowest BCUT2D eigenvalue weighted by atomic mass is 10.1. The fraction of sp³-hybridized carbons (Fsp3) is 0.583. The quantitative estimate of drug-likeness (QED) is 0.838. The van der Waals surface area contributed by atoms with Crippen molar-refractivity contribution in [3.05, 3.63) is 18.3 Å². The van der Waals surface area contributed by atoms with Gasteiger partial charge in [0.25, 0.3) is 0 Å². The first-order valence-corrected chi connectivity index (χ1v) is 5.71. The molecule has 1 atom stereocenters. The van der Waals surface area contributed by atoms with E-state index in [1.165, 1.54) is 0 Å². The molecule has 2 rings (SSSR count). The Morgan fingerprint density at radius 2 is 2.44 bits per heavy atom. The number of pyridine rings is 1. The highest BCUT2D eigenvalue weighted by Crippen LogP contribution is 2.21. The van der Waals surface area contributed by atoms with Crippen molar-refractivity contribution in [1.82, 2.24) is 4.98 Å². The first kappa shape index (κ1) is 11.2. The molecule has 0 aliphatic carbocycles. The minimum absolute atomic E-state index is 0.634. The highest BCUT2D eigenvalue weighted by Gasteiger charge is 2.15. The van der Waals surface area contributed by atoms with Gasteiger partial charge in [-0.1, -0.05) is 0 Å². The number of ether oxygens (including phenoxy) is 1. The van der Waals surface area contributed by atoms with Gasteiger partial charge in [0.2, 0.25) is 0 Å². The summed E-state index contributed by atoms with van der Waals surface area (Å²) in [6.45, 7) is 2.75. The van der Waals surface area contributed by atoms with Crippen molar-refractivity contribution in [1.29, 1.82) is 0 Å². The van der Waals surface area contributed by atoms with Gasteiger partial charge in [-0.2, -0.15) is 0 Å². The molecule has 0 radical (unpaired) electrons. The number of nitrogens with zero attached hydrogens (tertiary/aromatic N) is 2. The van der Waals surface area contributed by atoms with Crippen LogP contribution in [-0.4, -0.2) is 38.8 Å². The highest BCUT2D eigenvalue weighted by molar-refractivity contribution is 5.64. The maximum Gasteiger partial charge on any atom is 0.151 e. The Hall–Kier alpha value is -1.29. The van der Waals surface area contributed by atoms with Crippen LogP contribution in [0.15, 0.2) is 18.3 Å². The second-order valence-electron chi connectivity index (χ2n) is 4.38. The predicted molar refractivity (Wildman–Crippen MR) is 66.0 cm³/mol. The number of nitrogens with one attached hydrogen (secondary N) is 1. The zero-order chi connectivity index (χ0) is 11.4. The zero-order valence-corrected chi connectivity index (χ0v) is 9.94. The number of anilines is 2. The Balaban J connectivity index is 1.97. The Kier molecular flexibility index (Phi) is 3.62. The minimum Gasteiger partial charge on any atom is -0.382 e. The summed E-state index contributed by atoms with van der Waals surface area (Å²) in [6.07, 6.45) is 2.98. The molecule has 1 saturated heterocycles. The molecule has 0 bridgehead atoms. The van der Waals surface area contributed by atoms with Gasteiger partial charge in [-0.3, -0.25) is 0 Å². The van der Waals surface area contributed by atoms with Crippen molar-refractivity contribution >= 4 is 11.5 Å². The summed E-state index contributed by atoms with van der Waals surface area (Å²) >= 11 is 0. The van der Waals surface area contributed by atoms with Crippen molar-refractivity contribution in [3.63, 3.8) is 0 Å². The van der Waals surface area contributed by atoms with Gasteiger partial charge < -0.3 is 15.0 Å². The molecule has 1 aliphatic heterocycles. The normalized spacial score (nSPS) is 19.8. The van der Waals surface area contributed by atoms with Gasteiger partial charge in [0.15, 0.2) is 5.82 Å². The van der Waals surface area contributed by atoms with Crippen LogP contribution in [0.5, 0.6) is 0 Å². The van der Waals surface area contributed by atoms with Crippen molar-refractivity contribution < 1.29 is 4.74 Å². The molecular formula is C12H19N3O. The van der Waals surface area contributed by atoms with E-state index < -0.39 is 0 Å². The lowest BCUT2D eigenvalue weighted by molar-refractivity contribution is 0.187. The molecule has 0 spiro atoms. The lowest BCUT2D eigenvalue weighted by Gasteiger charge is -2.18. The van der Waals surface area contributed by atoms with Crippen LogP contribution in [0, 0.1) is 5.92 Å². The third-order valence-corrected chi connectivity index (χ3v) is 2.82. The predicted octanol–water partition coefficient (Wildman–Crippen LogP) is 1.60. The zero-order valence-electron chi connectivity index (χ0n) is 9.94. The molecular weight excluding hydrogens is 202 g/mol. The van der Waals surface area contributed by atoms with Crippen molar-refractivity contribution in [3.8, 4) is 0 Å². The molecule has 1 unspecified atom stereocenters. The third kappa shape index (κ3) is 2.64. The van der Waals surface area contributed by atoms with Gasteiger partial charge in [-0.05, 0) is 18.6 Å². The van der Waals surface area contributed by atoms with Crippen molar-refractivity contribution in [2.75, 3.05) is 44.1 Å². The van der Waals surface area contributed by atoms with Gasteiger partial charge >= 0.3 is 0 Å². The summed E-state index contributed by atoms with van der Waals surface area (Å²) in [5.41, 5.74) is 1.10. The monoisotopic (exact) mass is 221 g/mol. The Bertz CT molecular complexity index is 335. The largest absolute Gasteiger partial charge is 0.382 e. The van der Waals surface area contributed by atoms with Crippen LogP contribution in [0.25, 0.3) is 0 Å². The average Bonchev–Trinajstić information content (AvgIpc) is 2.79. The lowest BCUT2D eigenvalue weighted by Crippen LogP contribution is -2.18. The fourth-order valence-corrected chi connectivity index (χ4v) is 1.89. The molecule has 2 heterocycles. The SMILES string of the molecule is CN(C)c1ncccc1NCC1CCOC1. The van der Waals surface area contributed by atoms with Crippen LogP contribution in [0.3, 0.4) is 0 Å². The van der Waals surface area contributed by atoms with E-state index in [1.54, 1.807) is 0 Å². The number of rotatable bonds is 4. The van der Waals surface area contributed by atoms with Crippen LogP contribution in [-0.2, 0) is 4.74 Å². The van der Waals surface area contributed by atoms with Crippen LogP contribution in [0.2, 0.25) is 0 Å². The van der Waals surface area contributed by atoms with E-state index in [4.69, 9.17) is 4.74 Å². The molecule has 1 fully saturated rings. The maximum atomic E-state index is 5.36. The molecule has 0 amide bonds. The fourth-order valence-electron chi connectivity index (χ4n) is 1.89. The molecule has 1 aromatic heterocycles. The highest BCUT2D eigenvalue weighted by atomic mass is 16.5. The average molecular weight is 221 g/mol. The second kappa shape index (κ2) is 5.16. The molecule has 4 heteroatoms. The van der Waals surface area contributed by atoms with E-state index in [-0.39, 0.29) is 0 Å². The smallest absolute Gasteiger partial charge is 0.151 e. The number of hydrogen-bond donors (Lipinski definition) is 1. The second-order valence-corrected chi connectivity index (χ2v) is 4.38. The summed E-state index contributed by atoms with van der Waals surface area (Å²) in [5, 5.41) is 3.45. The van der Waals surface area contributed by atoms with E-state index in [0.29, 0.717) is 5.92 Å². The summed E-state index contributed by atoms with van der Waals surface area (Å²) in [4.78, 5) is 6.38. The van der Waals surface area contributed by atoms with E-state index in [1.807, 2.05) is 31.3 Å². The van der Waals surface area contributed by atoms with Crippen LogP contribution < -0.4 is 10.2 Å². The van der Waals surface area contributed by atoms with Gasteiger partial charge in [0.05, 0.1) is 12.3 Å². The van der Waals surface area contributed by atoms with Crippen molar-refractivity contribution in [2.45, 2.75) is 6.42 Å². The van der Waals surface area contributed by atoms with Gasteiger partial charge in [-0.25, -0.2) is 4.98 Å². The Labute approximate surface area is 96.6 Å². The van der Waals surface area contributed by atoms with Crippen molar-refractivity contribution in [2.24, 2.45) is 5.92 Å². The summed E-state index contributed by atoms with van der Waals surface area (Å²) in [7, 11) is 4.01. The van der Waals surface area contributed by atoms with Gasteiger partial charge in [-0.15, -0.1) is 0 Å². The first-order valence-electron chi connectivity index (χ1n) is 5.71. The van der Waals surface area contributed by atoms with Gasteiger partial charge in [0, 0.05) is 39.4 Å². The molecule has 1 N–H and O–H groups in total. The van der Waals surface area contributed by atoms with Crippen LogP contribution >= 0.6 is 0 Å². The third-order valence-electron chi connectivity index (χ3n) is 2.82. The number of hydrogen-bond acceptors (Lipinski definition) is 4. The topological polar surface area (TPSA) is 37.4 Å². The van der Waals surface area contributed by atoms with E-state index in [9.17, 15) is 0 Å². The Morgan fingerprint density at radius 3 is 3.12 bits per heavy atom.